The summed E-state index contributed by atoms with van der Waals surface area (Å²) in [6.07, 6.45) is -12.7. The van der Waals surface area contributed by atoms with Crippen LogP contribution in [0.4, 0.5) is 35.1 Å². The Morgan fingerprint density at radius 2 is 1.78 bits per heavy atom. The van der Waals surface area contributed by atoms with Crippen molar-refractivity contribution in [2.75, 3.05) is 13.1 Å². The molecular formula is C25H27F8N5O5S2. The van der Waals surface area contributed by atoms with E-state index in [4.69, 9.17) is 4.42 Å². The molecule has 1 unspecified atom stereocenters. The number of halogens is 8. The van der Waals surface area contributed by atoms with Gasteiger partial charge >= 0.3 is 6.18 Å². The summed E-state index contributed by atoms with van der Waals surface area (Å²) >= 11 is 0.515. The largest absolute Gasteiger partial charge is 0.415 e. The highest BCUT2D eigenvalue weighted by molar-refractivity contribution is 7.89. The molecule has 0 aliphatic carbocycles. The van der Waals surface area contributed by atoms with E-state index in [-0.39, 0.29) is 34.8 Å². The van der Waals surface area contributed by atoms with Crippen LogP contribution in [0.25, 0.3) is 21.3 Å². The maximum absolute atomic E-state index is 15.6. The molecule has 4 rings (SSSR count). The van der Waals surface area contributed by atoms with Gasteiger partial charge < -0.3 is 14.6 Å². The van der Waals surface area contributed by atoms with Crippen LogP contribution in [0.1, 0.15) is 69.8 Å². The number of hydrogen-bond acceptors (Lipinski definition) is 10. The van der Waals surface area contributed by atoms with Crippen LogP contribution in [-0.4, -0.2) is 69.9 Å². The van der Waals surface area contributed by atoms with Crippen molar-refractivity contribution in [1.29, 1.82) is 0 Å². The van der Waals surface area contributed by atoms with Crippen molar-refractivity contribution >= 4 is 21.4 Å². The van der Waals surface area contributed by atoms with E-state index in [9.17, 15) is 49.4 Å². The number of nitrogens with zero attached hydrogens (tertiary/aromatic N) is 4. The lowest BCUT2D eigenvalue weighted by Gasteiger charge is -2.34. The minimum atomic E-state index is -5.32. The van der Waals surface area contributed by atoms with Crippen LogP contribution in [0.5, 0.6) is 0 Å². The smallest absolute Gasteiger partial charge is 0.404 e. The molecule has 0 bridgehead atoms. The second-order valence-electron chi connectivity index (χ2n) is 10.7. The number of aliphatic hydroxyl groups excluding tert-OH is 1. The molecule has 0 amide bonds. The molecule has 250 valence electrons. The second kappa shape index (κ2) is 12.4. The lowest BCUT2D eigenvalue weighted by Crippen LogP contribution is -2.45. The van der Waals surface area contributed by atoms with E-state index in [1.165, 1.54) is 23.5 Å². The molecule has 3 N–H and O–H groups in total. The molecule has 0 radical (unpaired) electrons. The van der Waals surface area contributed by atoms with Crippen molar-refractivity contribution in [3.8, 4) is 21.3 Å². The molecule has 2 aromatic heterocycles. The van der Waals surface area contributed by atoms with E-state index in [0.717, 1.165) is 6.92 Å². The molecule has 0 saturated carbocycles. The summed E-state index contributed by atoms with van der Waals surface area (Å²) in [5.41, 5.74) is -4.26. The zero-order valence-corrected chi connectivity index (χ0v) is 25.3. The molecular weight excluding hydrogens is 666 g/mol. The number of benzene rings is 1. The Bertz CT molecular complexity index is 1630. The van der Waals surface area contributed by atoms with Gasteiger partial charge in [-0.25, -0.2) is 35.4 Å². The third-order valence-electron chi connectivity index (χ3n) is 6.90. The van der Waals surface area contributed by atoms with E-state index in [0.29, 0.717) is 23.5 Å². The van der Waals surface area contributed by atoms with Crippen LogP contribution in [0.15, 0.2) is 21.4 Å². The fraction of sp³-hybridized carbons (Fsp3) is 0.560. The minimum Gasteiger partial charge on any atom is -0.415 e. The monoisotopic (exact) mass is 693 g/mol. The van der Waals surface area contributed by atoms with Crippen molar-refractivity contribution in [1.82, 2.24) is 24.8 Å². The average molecular weight is 694 g/mol. The predicted molar refractivity (Wildman–Crippen MR) is 142 cm³/mol. The Labute approximate surface area is 255 Å². The molecule has 20 heteroatoms. The van der Waals surface area contributed by atoms with Crippen molar-refractivity contribution < 1.29 is 58.2 Å². The Kier molecular flexibility index (Phi) is 9.70. The van der Waals surface area contributed by atoms with Gasteiger partial charge in [-0.1, -0.05) is 13.0 Å². The number of aromatic nitrogens is 3. The number of hydrogen-bond donors (Lipinski definition) is 3. The SMILES string of the molecule is CC[C@H](NS(=O)(=O)c1ccc(-c2sc(-c3nnc(C(C)(C)O)o3)nc2C(O)N2CCC(F)(F)CC2)c(C(F)F)c1F)C(F)(F)F. The van der Waals surface area contributed by atoms with Crippen molar-refractivity contribution in [2.45, 2.75) is 81.3 Å². The molecule has 10 nitrogen and oxygen atoms in total. The molecule has 3 aromatic rings. The van der Waals surface area contributed by atoms with E-state index in [1.54, 1.807) is 0 Å². The van der Waals surface area contributed by atoms with E-state index in [2.05, 4.69) is 15.2 Å². The summed E-state index contributed by atoms with van der Waals surface area (Å²) in [4.78, 5) is 3.49. The first kappa shape index (κ1) is 35.1. The van der Waals surface area contributed by atoms with Crippen LogP contribution < -0.4 is 4.72 Å². The normalized spacial score (nSPS) is 18.0. The van der Waals surface area contributed by atoms with Crippen molar-refractivity contribution in [3.63, 3.8) is 0 Å². The third kappa shape index (κ3) is 7.46. The number of thiazole rings is 1. The summed E-state index contributed by atoms with van der Waals surface area (Å²) in [6, 6.07) is -1.44. The third-order valence-corrected chi connectivity index (χ3v) is 9.48. The molecule has 1 fully saturated rings. The number of alkyl halides is 7. The van der Waals surface area contributed by atoms with Crippen LogP contribution in [0, 0.1) is 5.82 Å². The van der Waals surface area contributed by atoms with Gasteiger partial charge in [-0.3, -0.25) is 4.90 Å². The van der Waals surface area contributed by atoms with E-state index >= 15 is 4.39 Å². The Balaban J connectivity index is 1.87. The topological polar surface area (TPSA) is 142 Å². The summed E-state index contributed by atoms with van der Waals surface area (Å²) in [6.45, 7) is 2.95. The van der Waals surface area contributed by atoms with E-state index in [1.807, 2.05) is 0 Å². The van der Waals surface area contributed by atoms with Gasteiger partial charge in [0.1, 0.15) is 22.2 Å². The average Bonchev–Trinajstić information content (AvgIpc) is 3.58. The van der Waals surface area contributed by atoms with Gasteiger partial charge in [-0.2, -0.15) is 17.9 Å². The number of piperidine rings is 1. The minimum absolute atomic E-state index is 0.223. The molecule has 3 heterocycles. The molecule has 1 aliphatic rings. The van der Waals surface area contributed by atoms with Crippen LogP contribution in [0.2, 0.25) is 0 Å². The highest BCUT2D eigenvalue weighted by Crippen LogP contribution is 2.45. The maximum atomic E-state index is 15.6. The highest BCUT2D eigenvalue weighted by atomic mass is 32.2. The Morgan fingerprint density at radius 1 is 1.16 bits per heavy atom. The van der Waals surface area contributed by atoms with Gasteiger partial charge in [-0.15, -0.1) is 21.5 Å². The summed E-state index contributed by atoms with van der Waals surface area (Å²) in [5, 5.41) is 28.5. The summed E-state index contributed by atoms with van der Waals surface area (Å²) < 4.78 is 144. The fourth-order valence-corrected chi connectivity index (χ4v) is 6.89. The number of likely N-dealkylation sites (tertiary alicyclic amines) is 1. The lowest BCUT2D eigenvalue weighted by molar-refractivity contribution is -0.151. The zero-order chi connectivity index (χ0) is 33.7. The van der Waals surface area contributed by atoms with Crippen LogP contribution in [-0.2, 0) is 15.6 Å². The van der Waals surface area contributed by atoms with E-state index < -0.39 is 93.2 Å². The molecule has 45 heavy (non-hydrogen) atoms. The first-order valence-corrected chi connectivity index (χ1v) is 15.5. The molecule has 2 atom stereocenters. The van der Waals surface area contributed by atoms with Gasteiger partial charge in [0.05, 0.1) is 10.4 Å². The van der Waals surface area contributed by atoms with Gasteiger partial charge in [-0.05, 0) is 26.3 Å². The fourth-order valence-electron chi connectivity index (χ4n) is 4.44. The first-order chi connectivity index (χ1) is 20.7. The lowest BCUT2D eigenvalue weighted by atomic mass is 10.0. The Morgan fingerprint density at radius 3 is 2.29 bits per heavy atom. The first-order valence-electron chi connectivity index (χ1n) is 13.2. The number of sulfonamides is 1. The van der Waals surface area contributed by atoms with Crippen molar-refractivity contribution in [3.05, 3.63) is 35.1 Å². The van der Waals surface area contributed by atoms with Gasteiger partial charge in [0.25, 0.3) is 18.2 Å². The molecule has 1 saturated heterocycles. The molecule has 0 spiro atoms. The van der Waals surface area contributed by atoms with Crippen LogP contribution in [0.3, 0.4) is 0 Å². The molecule has 1 aromatic carbocycles. The summed E-state index contributed by atoms with van der Waals surface area (Å²) in [5.74, 6) is -5.71. The number of aliphatic hydroxyl groups is 2. The Hall–Kier alpha value is -2.78. The predicted octanol–water partition coefficient (Wildman–Crippen LogP) is 5.51. The van der Waals surface area contributed by atoms with Crippen LogP contribution >= 0.6 is 11.3 Å². The summed E-state index contributed by atoms with van der Waals surface area (Å²) in [7, 11) is -5.32. The van der Waals surface area contributed by atoms with Crippen molar-refractivity contribution in [2.24, 2.45) is 0 Å². The highest BCUT2D eigenvalue weighted by Gasteiger charge is 2.43. The maximum Gasteiger partial charge on any atom is 0.404 e. The van der Waals surface area contributed by atoms with Gasteiger partial charge in [0.2, 0.25) is 15.9 Å². The standard InChI is InChI=1S/C25H27F8N5O5S2/c1-4-13(25(31,32)33)37-45(41,42)12-6-5-11(14(15(12)26)18(27)28)17-16(21(39)38-9-7-24(29,30)8-10-38)34-20(44-17)19-35-36-22(43-19)23(2,3)40/h5-6,13,18,21,37,39-40H,4,7-10H2,1-3H3/t13-,21?/m0/s1. The number of rotatable bonds is 10. The molecule has 1 aliphatic heterocycles. The zero-order valence-electron chi connectivity index (χ0n) is 23.7. The number of nitrogens with one attached hydrogen (secondary N) is 1. The second-order valence-corrected chi connectivity index (χ2v) is 13.4. The van der Waals surface area contributed by atoms with Gasteiger partial charge in [0.15, 0.2) is 17.1 Å². The quantitative estimate of drug-likeness (QED) is 0.235. The van der Waals surface area contributed by atoms with Gasteiger partial charge in [0, 0.05) is 31.5 Å².